The van der Waals surface area contributed by atoms with Gasteiger partial charge in [-0.3, -0.25) is 4.79 Å². The molecular weight excluding hydrogens is 532 g/mol. The summed E-state index contributed by atoms with van der Waals surface area (Å²) in [5, 5.41) is 31.2. The molecule has 0 amide bonds. The topological polar surface area (TPSA) is 77.8 Å². The maximum Gasteiger partial charge on any atom is 0.155 e. The van der Waals surface area contributed by atoms with E-state index in [9.17, 15) is 20.1 Å². The number of aliphatic hydroxyl groups excluding tert-OH is 1. The smallest absolute Gasteiger partial charge is 0.155 e. The van der Waals surface area contributed by atoms with E-state index in [4.69, 9.17) is 6.42 Å². The van der Waals surface area contributed by atoms with Gasteiger partial charge in [0, 0.05) is 11.8 Å². The number of hydrogen-bond acceptors (Lipinski definition) is 4. The predicted molar refractivity (Wildman–Crippen MR) is 169 cm³/mol. The minimum absolute atomic E-state index is 0.0609. The molecule has 0 aliphatic heterocycles. The van der Waals surface area contributed by atoms with E-state index in [-0.39, 0.29) is 16.9 Å². The van der Waals surface area contributed by atoms with Crippen LogP contribution in [0.15, 0.2) is 29.8 Å². The molecule has 11 atom stereocenters. The molecule has 3 N–H and O–H groups in total. The van der Waals surface area contributed by atoms with Gasteiger partial charge in [-0.1, -0.05) is 31.4 Å². The zero-order chi connectivity index (χ0) is 30.1. The fourth-order valence-corrected chi connectivity index (χ4v) is 12.5. The largest absolute Gasteiger partial charge is 0.508 e. The quantitative estimate of drug-likeness (QED) is 0.299. The van der Waals surface area contributed by atoms with Gasteiger partial charge in [0.15, 0.2) is 5.78 Å². The van der Waals surface area contributed by atoms with E-state index in [0.29, 0.717) is 47.0 Å². The van der Waals surface area contributed by atoms with Crippen LogP contribution in [-0.2, 0) is 11.2 Å². The molecule has 4 heteroatoms. The maximum absolute atomic E-state index is 11.8. The van der Waals surface area contributed by atoms with Crippen molar-refractivity contribution in [3.8, 4) is 18.1 Å². The number of hydrogen-bond donors (Lipinski definition) is 3. The van der Waals surface area contributed by atoms with Crippen LogP contribution < -0.4 is 0 Å². The van der Waals surface area contributed by atoms with Gasteiger partial charge in [-0.2, -0.15) is 0 Å². The van der Waals surface area contributed by atoms with Crippen LogP contribution in [0.5, 0.6) is 5.75 Å². The molecule has 0 bridgehead atoms. The molecule has 7 aliphatic carbocycles. The molecule has 7 aliphatic rings. The van der Waals surface area contributed by atoms with E-state index in [2.05, 4.69) is 25.8 Å². The molecular formula is C39H52O4. The third kappa shape index (κ3) is 4.42. The third-order valence-electron chi connectivity index (χ3n) is 14.7. The van der Waals surface area contributed by atoms with Gasteiger partial charge in [0.25, 0.3) is 0 Å². The number of aromatic hydroxyl groups is 1. The van der Waals surface area contributed by atoms with Gasteiger partial charge in [0.2, 0.25) is 0 Å². The molecule has 8 rings (SSSR count). The van der Waals surface area contributed by atoms with Gasteiger partial charge in [-0.15, -0.1) is 6.42 Å². The summed E-state index contributed by atoms with van der Waals surface area (Å²) >= 11 is 0. The first kappa shape index (κ1) is 29.6. The van der Waals surface area contributed by atoms with Crippen molar-refractivity contribution in [2.45, 2.75) is 128 Å². The number of ketones is 1. The first-order chi connectivity index (χ1) is 20.6. The van der Waals surface area contributed by atoms with Crippen molar-refractivity contribution in [1.82, 2.24) is 0 Å². The number of fused-ring (bicyclic) bond motifs is 10. The van der Waals surface area contributed by atoms with Crippen molar-refractivity contribution in [2.75, 3.05) is 0 Å². The number of terminal acetylenes is 1. The second-order valence-electron chi connectivity index (χ2n) is 15.8. The summed E-state index contributed by atoms with van der Waals surface area (Å²) in [6.07, 6.45) is 23.7. The fourth-order valence-electron chi connectivity index (χ4n) is 12.5. The van der Waals surface area contributed by atoms with Crippen LogP contribution in [0, 0.1) is 58.7 Å². The number of carbonyl (C=O) groups is 1. The lowest BCUT2D eigenvalue weighted by molar-refractivity contribution is -0.117. The molecule has 5 saturated carbocycles. The number of phenolic OH excluding ortho intramolecular Hbond substituents is 1. The van der Waals surface area contributed by atoms with Crippen molar-refractivity contribution < 1.29 is 20.1 Å². The minimum atomic E-state index is -0.893. The molecule has 1 aromatic rings. The monoisotopic (exact) mass is 584 g/mol. The summed E-state index contributed by atoms with van der Waals surface area (Å²) in [5.41, 5.74) is 3.47. The summed E-state index contributed by atoms with van der Waals surface area (Å²) in [4.78, 5) is 11.8. The Morgan fingerprint density at radius 3 is 2.49 bits per heavy atom. The second kappa shape index (κ2) is 10.8. The highest BCUT2D eigenvalue weighted by Crippen LogP contribution is 2.66. The van der Waals surface area contributed by atoms with Crippen molar-refractivity contribution in [3.63, 3.8) is 0 Å². The first-order valence-electron chi connectivity index (χ1n) is 17.6. The first-order valence-corrected chi connectivity index (χ1v) is 17.6. The van der Waals surface area contributed by atoms with E-state index in [1.165, 1.54) is 48.8 Å². The molecule has 5 fully saturated rings. The molecule has 1 aromatic carbocycles. The van der Waals surface area contributed by atoms with Crippen LogP contribution >= 0.6 is 0 Å². The summed E-state index contributed by atoms with van der Waals surface area (Å²) in [7, 11) is 0. The molecule has 0 radical (unpaired) electrons. The van der Waals surface area contributed by atoms with Crippen LogP contribution in [0.4, 0.5) is 0 Å². The second-order valence-corrected chi connectivity index (χ2v) is 15.8. The van der Waals surface area contributed by atoms with Crippen molar-refractivity contribution >= 4 is 5.78 Å². The van der Waals surface area contributed by atoms with Gasteiger partial charge in [0.1, 0.15) is 11.4 Å². The zero-order valence-electron chi connectivity index (χ0n) is 26.4. The molecule has 4 unspecified atom stereocenters. The molecule has 0 heterocycles. The molecule has 232 valence electrons. The van der Waals surface area contributed by atoms with E-state index in [1.807, 2.05) is 18.2 Å². The van der Waals surface area contributed by atoms with Gasteiger partial charge in [-0.25, -0.2) is 0 Å². The van der Waals surface area contributed by atoms with Crippen LogP contribution in [0.3, 0.4) is 0 Å². The van der Waals surface area contributed by atoms with Crippen LogP contribution in [0.2, 0.25) is 0 Å². The minimum Gasteiger partial charge on any atom is -0.508 e. The van der Waals surface area contributed by atoms with E-state index in [0.717, 1.165) is 70.1 Å². The normalized spacial score (nSPS) is 45.9. The molecule has 43 heavy (non-hydrogen) atoms. The lowest BCUT2D eigenvalue weighted by Gasteiger charge is -2.55. The Bertz CT molecular complexity index is 1340. The molecule has 0 aromatic heterocycles. The zero-order valence-corrected chi connectivity index (χ0v) is 26.4. The van der Waals surface area contributed by atoms with Crippen molar-refractivity contribution in [3.05, 3.63) is 41.0 Å². The molecule has 0 saturated heterocycles. The SMILES string of the molecule is C#C[C@]1(O)CC[C@H]2[C@@H]3CCC4=CC(=O)CCC4[C@H]3CCC21CC.CC12CC[C@@H]3c4ccc(O)cc4CC[C@H]3[C@@H]1CCC2O. The number of rotatable bonds is 1. The standard InChI is InChI=1S/C21H28O2.C18H24O2/c1-3-20-11-9-17-16-8-6-15(22)13-14(16)5-7-18(17)19(20)10-12-21(20,23)4-2;1-18-9-8-14-13-5-3-12(19)10-11(13)2-4-15(14)16(18)6-7-17(18)20/h2,13,16-19,23H,3,5-12H2,1H3;3,5,10,14-17,19-20H,2,4,6-9H2,1H3/t16?,17-,18-,19+,20?,21+;14-,15-,16+,17?,18?/m11/s1. The third-order valence-corrected chi connectivity index (χ3v) is 14.7. The van der Waals surface area contributed by atoms with Crippen LogP contribution in [-0.4, -0.2) is 32.8 Å². The van der Waals surface area contributed by atoms with Crippen LogP contribution in [0.1, 0.15) is 121 Å². The maximum atomic E-state index is 11.8. The number of benzene rings is 1. The number of aliphatic hydroxyl groups is 2. The Morgan fingerprint density at radius 1 is 0.884 bits per heavy atom. The Morgan fingerprint density at radius 2 is 1.70 bits per heavy atom. The Hall–Kier alpha value is -2.09. The number of phenols is 1. The summed E-state index contributed by atoms with van der Waals surface area (Å²) in [6.45, 7) is 4.53. The Balaban J connectivity index is 0.000000141. The number of carbonyl (C=O) groups excluding carboxylic acids is 1. The summed E-state index contributed by atoms with van der Waals surface area (Å²) in [5.74, 6) is 8.22. The van der Waals surface area contributed by atoms with E-state index < -0.39 is 5.60 Å². The summed E-state index contributed by atoms with van der Waals surface area (Å²) in [6, 6.07) is 5.96. The molecule has 0 spiro atoms. The average molecular weight is 585 g/mol. The van der Waals surface area contributed by atoms with E-state index in [1.54, 1.807) is 0 Å². The summed E-state index contributed by atoms with van der Waals surface area (Å²) < 4.78 is 0. The Kier molecular flexibility index (Phi) is 7.42. The van der Waals surface area contributed by atoms with Crippen molar-refractivity contribution in [1.29, 1.82) is 0 Å². The van der Waals surface area contributed by atoms with Crippen molar-refractivity contribution in [2.24, 2.45) is 46.3 Å². The van der Waals surface area contributed by atoms with E-state index >= 15 is 0 Å². The van der Waals surface area contributed by atoms with Gasteiger partial charge in [-0.05, 0) is 166 Å². The highest BCUT2D eigenvalue weighted by Gasteiger charge is 2.63. The van der Waals surface area contributed by atoms with Crippen LogP contribution in [0.25, 0.3) is 0 Å². The fraction of sp³-hybridized carbons (Fsp3) is 0.718. The average Bonchev–Trinajstić information content (AvgIpc) is 3.50. The number of aryl methyl sites for hydroxylation is 1. The van der Waals surface area contributed by atoms with Gasteiger partial charge >= 0.3 is 0 Å². The Labute approximate surface area is 258 Å². The lowest BCUT2D eigenvalue weighted by Crippen LogP contribution is -2.53. The van der Waals surface area contributed by atoms with Gasteiger partial charge in [0.05, 0.1) is 6.10 Å². The highest BCUT2D eigenvalue weighted by molar-refractivity contribution is 5.91. The predicted octanol–water partition coefficient (Wildman–Crippen LogP) is 7.49. The molecule has 4 nitrogen and oxygen atoms in total. The van der Waals surface area contributed by atoms with Gasteiger partial charge < -0.3 is 15.3 Å². The highest BCUT2D eigenvalue weighted by atomic mass is 16.3. The number of allylic oxidation sites excluding steroid dienone is 1. The lowest BCUT2D eigenvalue weighted by atomic mass is 9.49.